The lowest BCUT2D eigenvalue weighted by atomic mass is 10.1. The molecule has 0 saturated heterocycles. The zero-order valence-corrected chi connectivity index (χ0v) is 14.2. The molecule has 5 heteroatoms. The zero-order valence-electron chi connectivity index (χ0n) is 14.2. The third-order valence-corrected chi connectivity index (χ3v) is 3.77. The number of rotatable bonds is 5. The van der Waals surface area contributed by atoms with Crippen LogP contribution in [0.15, 0.2) is 52.9 Å². The second-order valence-corrected chi connectivity index (χ2v) is 5.74. The van der Waals surface area contributed by atoms with Gasteiger partial charge in [0.25, 0.3) is 0 Å². The Kier molecular flexibility index (Phi) is 4.84. The molecule has 0 bridgehead atoms. The van der Waals surface area contributed by atoms with E-state index in [2.05, 4.69) is 5.32 Å². The van der Waals surface area contributed by atoms with Crippen LogP contribution in [0.2, 0.25) is 0 Å². The highest BCUT2D eigenvalue weighted by molar-refractivity contribution is 6.09. The monoisotopic (exact) mass is 337 g/mol. The van der Waals surface area contributed by atoms with Gasteiger partial charge in [-0.1, -0.05) is 42.0 Å². The molecule has 0 aliphatic heterocycles. The van der Waals surface area contributed by atoms with E-state index in [1.165, 1.54) is 0 Å². The second-order valence-electron chi connectivity index (χ2n) is 5.74. The molecule has 1 N–H and O–H groups in total. The zero-order chi connectivity index (χ0) is 17.8. The van der Waals surface area contributed by atoms with Crippen molar-refractivity contribution in [3.05, 3.63) is 65.4 Å². The molecule has 3 rings (SSSR count). The molecule has 1 aromatic heterocycles. The molecule has 128 valence electrons. The van der Waals surface area contributed by atoms with Crippen LogP contribution in [-0.4, -0.2) is 18.5 Å². The van der Waals surface area contributed by atoms with Crippen molar-refractivity contribution in [1.82, 2.24) is 0 Å². The maximum atomic E-state index is 12.5. The SMILES string of the molecule is CCOC(=O)c1oc2ccccc2c1NC(=O)Cc1cccc(C)c1. The molecule has 1 heterocycles. The van der Waals surface area contributed by atoms with Crippen molar-refractivity contribution in [1.29, 1.82) is 0 Å². The van der Waals surface area contributed by atoms with E-state index in [-0.39, 0.29) is 24.7 Å². The van der Waals surface area contributed by atoms with Gasteiger partial charge in [0.2, 0.25) is 11.7 Å². The summed E-state index contributed by atoms with van der Waals surface area (Å²) in [5.74, 6) is -0.798. The van der Waals surface area contributed by atoms with Gasteiger partial charge in [-0.3, -0.25) is 4.79 Å². The van der Waals surface area contributed by atoms with Gasteiger partial charge in [-0.2, -0.15) is 0 Å². The van der Waals surface area contributed by atoms with Crippen LogP contribution >= 0.6 is 0 Å². The van der Waals surface area contributed by atoms with E-state index < -0.39 is 5.97 Å². The summed E-state index contributed by atoms with van der Waals surface area (Å²) in [4.78, 5) is 24.6. The number of carbonyl (C=O) groups excluding carboxylic acids is 2. The molecule has 0 unspecified atom stereocenters. The van der Waals surface area contributed by atoms with Gasteiger partial charge in [-0.05, 0) is 31.5 Å². The Morgan fingerprint density at radius 3 is 2.68 bits per heavy atom. The normalized spacial score (nSPS) is 10.6. The minimum absolute atomic E-state index is 0.0145. The third-order valence-electron chi connectivity index (χ3n) is 3.77. The van der Waals surface area contributed by atoms with Crippen molar-refractivity contribution in [2.24, 2.45) is 0 Å². The van der Waals surface area contributed by atoms with Crippen LogP contribution < -0.4 is 5.32 Å². The van der Waals surface area contributed by atoms with Crippen molar-refractivity contribution in [3.63, 3.8) is 0 Å². The van der Waals surface area contributed by atoms with Crippen molar-refractivity contribution < 1.29 is 18.7 Å². The van der Waals surface area contributed by atoms with Gasteiger partial charge in [0.05, 0.1) is 13.0 Å². The summed E-state index contributed by atoms with van der Waals surface area (Å²) in [7, 11) is 0. The molecule has 0 atom stereocenters. The predicted octanol–water partition coefficient (Wildman–Crippen LogP) is 4.10. The summed E-state index contributed by atoms with van der Waals surface area (Å²) in [5, 5.41) is 3.48. The quantitative estimate of drug-likeness (QED) is 0.712. The lowest BCUT2D eigenvalue weighted by molar-refractivity contribution is -0.115. The van der Waals surface area contributed by atoms with Gasteiger partial charge in [-0.15, -0.1) is 0 Å². The van der Waals surface area contributed by atoms with Crippen molar-refractivity contribution in [2.45, 2.75) is 20.3 Å². The molecule has 1 amide bonds. The van der Waals surface area contributed by atoms with E-state index in [4.69, 9.17) is 9.15 Å². The fraction of sp³-hybridized carbons (Fsp3) is 0.200. The number of amides is 1. The average Bonchev–Trinajstić information content (AvgIpc) is 2.94. The number of hydrogen-bond acceptors (Lipinski definition) is 4. The fourth-order valence-corrected chi connectivity index (χ4v) is 2.70. The molecule has 3 aromatic rings. The van der Waals surface area contributed by atoms with Gasteiger partial charge in [0.1, 0.15) is 11.3 Å². The average molecular weight is 337 g/mol. The summed E-state index contributed by atoms with van der Waals surface area (Å²) in [6.45, 7) is 3.92. The topological polar surface area (TPSA) is 68.5 Å². The molecule has 0 spiro atoms. The Morgan fingerprint density at radius 1 is 1.12 bits per heavy atom. The number of fused-ring (bicyclic) bond motifs is 1. The first-order chi connectivity index (χ1) is 12.1. The van der Waals surface area contributed by atoms with E-state index in [1.807, 2.05) is 37.3 Å². The first-order valence-electron chi connectivity index (χ1n) is 8.12. The highest BCUT2D eigenvalue weighted by Gasteiger charge is 2.23. The molecule has 0 saturated carbocycles. The van der Waals surface area contributed by atoms with Gasteiger partial charge in [-0.25, -0.2) is 4.79 Å². The van der Waals surface area contributed by atoms with Crippen LogP contribution in [-0.2, 0) is 16.0 Å². The van der Waals surface area contributed by atoms with Gasteiger partial charge in [0.15, 0.2) is 0 Å². The molecule has 0 radical (unpaired) electrons. The summed E-state index contributed by atoms with van der Waals surface area (Å²) in [6, 6.07) is 14.9. The number of esters is 1. The largest absolute Gasteiger partial charge is 0.460 e. The van der Waals surface area contributed by atoms with Crippen LogP contribution in [0.3, 0.4) is 0 Å². The molecule has 25 heavy (non-hydrogen) atoms. The van der Waals surface area contributed by atoms with Crippen LogP contribution in [0.5, 0.6) is 0 Å². The van der Waals surface area contributed by atoms with Gasteiger partial charge < -0.3 is 14.5 Å². The molecule has 5 nitrogen and oxygen atoms in total. The first kappa shape index (κ1) is 16.8. The predicted molar refractivity (Wildman–Crippen MR) is 95.7 cm³/mol. The summed E-state index contributed by atoms with van der Waals surface area (Å²) >= 11 is 0. The molecule has 2 aromatic carbocycles. The molecular weight excluding hydrogens is 318 g/mol. The number of para-hydroxylation sites is 1. The summed E-state index contributed by atoms with van der Waals surface area (Å²) in [5.41, 5.74) is 2.87. The van der Waals surface area contributed by atoms with E-state index >= 15 is 0 Å². The van der Waals surface area contributed by atoms with Gasteiger partial charge >= 0.3 is 5.97 Å². The Bertz CT molecular complexity index is 926. The minimum Gasteiger partial charge on any atom is -0.460 e. The molecule has 0 aliphatic rings. The van der Waals surface area contributed by atoms with E-state index in [1.54, 1.807) is 25.1 Å². The molecule has 0 fully saturated rings. The van der Waals surface area contributed by atoms with Crippen LogP contribution in [0.4, 0.5) is 5.69 Å². The summed E-state index contributed by atoms with van der Waals surface area (Å²) < 4.78 is 10.6. The number of nitrogens with one attached hydrogen (secondary N) is 1. The molecular formula is C20H19NO4. The lowest BCUT2D eigenvalue weighted by Crippen LogP contribution is -2.16. The summed E-state index contributed by atoms with van der Waals surface area (Å²) in [6.07, 6.45) is 0.212. The third kappa shape index (κ3) is 3.71. The number of ether oxygens (including phenoxy) is 1. The van der Waals surface area contributed by atoms with Crippen molar-refractivity contribution in [3.8, 4) is 0 Å². The van der Waals surface area contributed by atoms with E-state index in [0.717, 1.165) is 11.1 Å². The van der Waals surface area contributed by atoms with Gasteiger partial charge in [0, 0.05) is 5.39 Å². The Labute approximate surface area is 145 Å². The second kappa shape index (κ2) is 7.21. The number of anilines is 1. The van der Waals surface area contributed by atoms with Crippen LogP contribution in [0.1, 0.15) is 28.6 Å². The Morgan fingerprint density at radius 2 is 1.92 bits per heavy atom. The maximum absolute atomic E-state index is 12.5. The van der Waals surface area contributed by atoms with Crippen LogP contribution in [0.25, 0.3) is 11.0 Å². The number of benzene rings is 2. The number of hydrogen-bond donors (Lipinski definition) is 1. The van der Waals surface area contributed by atoms with Crippen LogP contribution in [0, 0.1) is 6.92 Å². The highest BCUT2D eigenvalue weighted by Crippen LogP contribution is 2.31. The van der Waals surface area contributed by atoms with Crippen molar-refractivity contribution >= 4 is 28.5 Å². The van der Waals surface area contributed by atoms with E-state index in [9.17, 15) is 9.59 Å². The van der Waals surface area contributed by atoms with E-state index in [0.29, 0.717) is 16.7 Å². The number of furan rings is 1. The number of carbonyl (C=O) groups is 2. The van der Waals surface area contributed by atoms with Crippen molar-refractivity contribution in [2.75, 3.05) is 11.9 Å². The maximum Gasteiger partial charge on any atom is 0.376 e. The number of aryl methyl sites for hydroxylation is 1. The molecule has 0 aliphatic carbocycles. The smallest absolute Gasteiger partial charge is 0.376 e. The lowest BCUT2D eigenvalue weighted by Gasteiger charge is -2.07. The minimum atomic E-state index is -0.593. The highest BCUT2D eigenvalue weighted by atomic mass is 16.5. The Balaban J connectivity index is 1.90. The standard InChI is InChI=1S/C20H19NO4/c1-3-24-20(23)19-18(15-9-4-5-10-16(15)25-19)21-17(22)12-14-8-6-7-13(2)11-14/h4-11H,3,12H2,1-2H3,(H,21,22). The Hall–Kier alpha value is -3.08. The fourth-order valence-electron chi connectivity index (χ4n) is 2.70. The first-order valence-corrected chi connectivity index (χ1v) is 8.12.